The number of benzene rings is 4. The molecule has 1 N–H and O–H groups in total. The molecule has 4 aromatic rings. The molecule has 0 aliphatic heterocycles. The van der Waals surface area contributed by atoms with E-state index in [4.69, 9.17) is 0 Å². The van der Waals surface area contributed by atoms with Crippen molar-refractivity contribution >= 4 is 17.6 Å². The first-order chi connectivity index (χ1) is 17.9. The van der Waals surface area contributed by atoms with Crippen molar-refractivity contribution in [3.05, 3.63) is 125 Å². The molecule has 4 rings (SSSR count). The largest absolute Gasteiger partial charge is 0.478 e. The number of hydrogen-bond donors (Lipinski definition) is 1. The molecule has 5 nitrogen and oxygen atoms in total. The van der Waals surface area contributed by atoms with E-state index in [1.807, 2.05) is 103 Å². The van der Waals surface area contributed by atoms with E-state index in [-0.39, 0.29) is 11.5 Å². The Balaban J connectivity index is 1.55. The van der Waals surface area contributed by atoms with Crippen LogP contribution in [0.2, 0.25) is 0 Å². The van der Waals surface area contributed by atoms with Crippen molar-refractivity contribution < 1.29 is 14.7 Å². The van der Waals surface area contributed by atoms with Crippen LogP contribution in [0.4, 0.5) is 5.69 Å². The summed E-state index contributed by atoms with van der Waals surface area (Å²) in [7, 11) is 3.93. The average molecular weight is 493 g/mol. The molecule has 0 atom stereocenters. The van der Waals surface area contributed by atoms with Gasteiger partial charge in [0.05, 0.1) is 5.56 Å². The Morgan fingerprint density at radius 2 is 1.46 bits per heavy atom. The summed E-state index contributed by atoms with van der Waals surface area (Å²) in [6.07, 6.45) is 1.75. The molecule has 37 heavy (non-hydrogen) atoms. The molecule has 0 spiro atoms. The molecule has 0 saturated heterocycles. The second-order valence-electron chi connectivity index (χ2n) is 9.31. The number of hydrogen-bond acceptors (Lipinski definition) is 3. The fourth-order valence-corrected chi connectivity index (χ4v) is 4.40. The molecule has 0 heterocycles. The van der Waals surface area contributed by atoms with Gasteiger partial charge in [-0.25, -0.2) is 4.79 Å². The zero-order chi connectivity index (χ0) is 26.2. The summed E-state index contributed by atoms with van der Waals surface area (Å²) in [5, 5.41) is 9.54. The summed E-state index contributed by atoms with van der Waals surface area (Å²) in [5.74, 6) is -0.952. The highest BCUT2D eigenvalue weighted by Crippen LogP contribution is 2.25. The Kier molecular flexibility index (Phi) is 8.37. The summed E-state index contributed by atoms with van der Waals surface area (Å²) >= 11 is 0. The number of carboxylic acid groups (broad SMARTS) is 1. The molecule has 1 amide bonds. The number of carbonyl (C=O) groups excluding carboxylic acids is 1. The lowest BCUT2D eigenvalue weighted by Gasteiger charge is -2.24. The van der Waals surface area contributed by atoms with Crippen LogP contribution in [-0.4, -0.2) is 42.5 Å². The van der Waals surface area contributed by atoms with Gasteiger partial charge in [0, 0.05) is 38.4 Å². The van der Waals surface area contributed by atoms with Crippen LogP contribution in [0, 0.1) is 0 Å². The first kappa shape index (κ1) is 25.7. The maximum Gasteiger partial charge on any atom is 0.336 e. The number of anilines is 1. The van der Waals surface area contributed by atoms with Gasteiger partial charge in [-0.2, -0.15) is 0 Å². The first-order valence-electron chi connectivity index (χ1n) is 12.4. The minimum absolute atomic E-state index is 0.00272. The van der Waals surface area contributed by atoms with Gasteiger partial charge in [0.15, 0.2) is 0 Å². The van der Waals surface area contributed by atoms with Crippen molar-refractivity contribution in [3.63, 3.8) is 0 Å². The number of rotatable bonds is 10. The SMILES string of the molecule is CN(C)c1cccc(C(=O)N(CCCc2ccccc2)Cc2ccc(-c3ccccc3C(=O)O)cc2)c1. The molecule has 0 unspecified atom stereocenters. The molecule has 5 heteroatoms. The highest BCUT2D eigenvalue weighted by atomic mass is 16.4. The molecule has 0 bridgehead atoms. The van der Waals surface area contributed by atoms with Gasteiger partial charge >= 0.3 is 5.97 Å². The van der Waals surface area contributed by atoms with Gasteiger partial charge in [0.2, 0.25) is 0 Å². The van der Waals surface area contributed by atoms with Crippen LogP contribution in [0.15, 0.2) is 103 Å². The Morgan fingerprint density at radius 3 is 2.16 bits per heavy atom. The second kappa shape index (κ2) is 12.0. The smallest absolute Gasteiger partial charge is 0.336 e. The predicted octanol–water partition coefficient (Wildman–Crippen LogP) is 6.39. The first-order valence-corrected chi connectivity index (χ1v) is 12.4. The summed E-state index contributed by atoms with van der Waals surface area (Å²) in [4.78, 5) is 29.1. The number of carbonyl (C=O) groups is 2. The van der Waals surface area contributed by atoms with Crippen molar-refractivity contribution in [2.75, 3.05) is 25.5 Å². The molecule has 4 aromatic carbocycles. The van der Waals surface area contributed by atoms with Crippen molar-refractivity contribution in [2.24, 2.45) is 0 Å². The number of carboxylic acids is 1. The molecule has 0 aliphatic carbocycles. The monoisotopic (exact) mass is 492 g/mol. The van der Waals surface area contributed by atoms with Crippen LogP contribution in [0.1, 0.15) is 38.3 Å². The van der Waals surface area contributed by atoms with Gasteiger partial charge < -0.3 is 14.9 Å². The zero-order valence-electron chi connectivity index (χ0n) is 21.3. The van der Waals surface area contributed by atoms with Gasteiger partial charge in [-0.05, 0) is 59.4 Å². The third-order valence-corrected chi connectivity index (χ3v) is 6.43. The maximum absolute atomic E-state index is 13.6. The Labute approximate surface area is 218 Å². The highest BCUT2D eigenvalue weighted by Gasteiger charge is 2.18. The zero-order valence-corrected chi connectivity index (χ0v) is 21.3. The van der Waals surface area contributed by atoms with Crippen molar-refractivity contribution in [2.45, 2.75) is 19.4 Å². The van der Waals surface area contributed by atoms with E-state index in [1.54, 1.807) is 12.1 Å². The van der Waals surface area contributed by atoms with E-state index < -0.39 is 5.97 Å². The third kappa shape index (κ3) is 6.64. The standard InChI is InChI=1S/C32H32N2O3/c1-33(2)28-14-8-13-27(22-28)31(35)34(21-9-12-24-10-4-3-5-11-24)23-25-17-19-26(20-18-25)29-15-6-7-16-30(29)32(36)37/h3-8,10-11,13-20,22H,9,12,21,23H2,1-2H3,(H,36,37). The maximum atomic E-state index is 13.6. The summed E-state index contributed by atoms with van der Waals surface area (Å²) in [5.41, 5.74) is 5.68. The average Bonchev–Trinajstić information content (AvgIpc) is 2.93. The molecule has 0 radical (unpaired) electrons. The van der Waals surface area contributed by atoms with Crippen LogP contribution < -0.4 is 4.90 Å². The van der Waals surface area contributed by atoms with Gasteiger partial charge in [0.1, 0.15) is 0 Å². The van der Waals surface area contributed by atoms with E-state index in [9.17, 15) is 14.7 Å². The number of aryl methyl sites for hydroxylation is 1. The molecule has 0 saturated carbocycles. The lowest BCUT2D eigenvalue weighted by molar-refractivity contribution is 0.0696. The van der Waals surface area contributed by atoms with E-state index in [0.29, 0.717) is 24.2 Å². The number of amides is 1. The minimum Gasteiger partial charge on any atom is -0.478 e. The molecule has 0 fully saturated rings. The summed E-state index contributed by atoms with van der Waals surface area (Å²) < 4.78 is 0. The van der Waals surface area contributed by atoms with Gasteiger partial charge in [-0.1, -0.05) is 78.9 Å². The Morgan fingerprint density at radius 1 is 0.757 bits per heavy atom. The third-order valence-electron chi connectivity index (χ3n) is 6.43. The lowest BCUT2D eigenvalue weighted by atomic mass is 9.98. The fraction of sp³-hybridized carbons (Fsp3) is 0.188. The van der Waals surface area contributed by atoms with Crippen LogP contribution >= 0.6 is 0 Å². The minimum atomic E-state index is -0.949. The van der Waals surface area contributed by atoms with Crippen LogP contribution in [-0.2, 0) is 13.0 Å². The Hall–Kier alpha value is -4.38. The quantitative estimate of drug-likeness (QED) is 0.279. The van der Waals surface area contributed by atoms with Crippen molar-refractivity contribution in [1.29, 1.82) is 0 Å². The lowest BCUT2D eigenvalue weighted by Crippen LogP contribution is -2.32. The molecule has 0 aromatic heterocycles. The molecule has 188 valence electrons. The van der Waals surface area contributed by atoms with Crippen molar-refractivity contribution in [1.82, 2.24) is 4.90 Å². The van der Waals surface area contributed by atoms with Crippen molar-refractivity contribution in [3.8, 4) is 11.1 Å². The topological polar surface area (TPSA) is 60.9 Å². The fourth-order valence-electron chi connectivity index (χ4n) is 4.40. The number of aromatic carboxylic acids is 1. The molecule has 0 aliphatic rings. The predicted molar refractivity (Wildman–Crippen MR) is 149 cm³/mol. The van der Waals surface area contributed by atoms with Gasteiger partial charge in [-0.15, -0.1) is 0 Å². The van der Waals surface area contributed by atoms with E-state index in [2.05, 4.69) is 12.1 Å². The second-order valence-corrected chi connectivity index (χ2v) is 9.31. The summed E-state index contributed by atoms with van der Waals surface area (Å²) in [6, 6.07) is 32.8. The molecular weight excluding hydrogens is 460 g/mol. The van der Waals surface area contributed by atoms with E-state index >= 15 is 0 Å². The normalized spacial score (nSPS) is 10.6. The summed E-state index contributed by atoms with van der Waals surface area (Å²) in [6.45, 7) is 1.10. The number of nitrogens with zero attached hydrogens (tertiary/aromatic N) is 2. The highest BCUT2D eigenvalue weighted by molar-refractivity contribution is 5.96. The van der Waals surface area contributed by atoms with Crippen LogP contribution in [0.25, 0.3) is 11.1 Å². The van der Waals surface area contributed by atoms with E-state index in [1.165, 1.54) is 5.56 Å². The van der Waals surface area contributed by atoms with Crippen LogP contribution in [0.5, 0.6) is 0 Å². The van der Waals surface area contributed by atoms with Crippen LogP contribution in [0.3, 0.4) is 0 Å². The molecular formula is C32H32N2O3. The Bertz CT molecular complexity index is 1350. The van der Waals surface area contributed by atoms with Gasteiger partial charge in [0.25, 0.3) is 5.91 Å². The van der Waals surface area contributed by atoms with E-state index in [0.717, 1.165) is 29.7 Å². The van der Waals surface area contributed by atoms with Gasteiger partial charge in [-0.3, -0.25) is 4.79 Å².